The number of hydrazine groups is 1. The second-order valence-corrected chi connectivity index (χ2v) is 5.29. The van der Waals surface area contributed by atoms with E-state index in [1.807, 2.05) is 30.3 Å². The summed E-state index contributed by atoms with van der Waals surface area (Å²) in [5.74, 6) is 4.56. The minimum atomic E-state index is -0.952. The summed E-state index contributed by atoms with van der Waals surface area (Å²) in [6.07, 6.45) is 2.48. The third kappa shape index (κ3) is 3.65. The van der Waals surface area contributed by atoms with Crippen LogP contribution in [0.4, 0.5) is 0 Å². The molecule has 5 heteroatoms. The molecule has 0 spiro atoms. The molecule has 108 valence electrons. The molecular weight excluding hydrogens is 256 g/mol. The molecule has 3 N–H and O–H groups in total. The highest BCUT2D eigenvalue weighted by atomic mass is 16.4. The largest absolute Gasteiger partial charge is 0.480 e. The van der Waals surface area contributed by atoms with Gasteiger partial charge in [0.15, 0.2) is 0 Å². The van der Waals surface area contributed by atoms with Gasteiger partial charge in [-0.1, -0.05) is 30.3 Å². The Kier molecular flexibility index (Phi) is 4.87. The molecule has 0 radical (unpaired) electrons. The van der Waals surface area contributed by atoms with Gasteiger partial charge in [-0.2, -0.15) is 0 Å². The van der Waals surface area contributed by atoms with E-state index >= 15 is 0 Å². The first kappa shape index (κ1) is 14.7. The summed E-state index contributed by atoms with van der Waals surface area (Å²) in [5.41, 5.74) is 1.22. The van der Waals surface area contributed by atoms with Crippen molar-refractivity contribution in [3.05, 3.63) is 35.9 Å². The number of Topliss-reactive ketones (excluding diaryl/α,β-unsaturated/α-hetero) is 1. The molecule has 1 heterocycles. The Bertz CT molecular complexity index is 475. The van der Waals surface area contributed by atoms with Gasteiger partial charge in [0.2, 0.25) is 0 Å². The van der Waals surface area contributed by atoms with E-state index in [2.05, 4.69) is 0 Å². The minimum Gasteiger partial charge on any atom is -0.480 e. The number of carbonyl (C=O) groups is 2. The molecule has 2 rings (SSSR count). The van der Waals surface area contributed by atoms with Gasteiger partial charge in [-0.25, -0.2) is 5.01 Å². The number of aryl methyl sites for hydroxylation is 1. The monoisotopic (exact) mass is 276 g/mol. The average molecular weight is 276 g/mol. The van der Waals surface area contributed by atoms with Crippen LogP contribution in [0.25, 0.3) is 0 Å². The molecule has 1 aromatic carbocycles. The summed E-state index contributed by atoms with van der Waals surface area (Å²) >= 11 is 0. The number of hydrogen-bond acceptors (Lipinski definition) is 4. The molecule has 1 aromatic rings. The van der Waals surface area contributed by atoms with Crippen molar-refractivity contribution < 1.29 is 14.7 Å². The van der Waals surface area contributed by atoms with Gasteiger partial charge in [0.05, 0.1) is 0 Å². The van der Waals surface area contributed by atoms with Crippen molar-refractivity contribution in [2.24, 2.45) is 11.8 Å². The predicted molar refractivity (Wildman–Crippen MR) is 74.8 cm³/mol. The Morgan fingerprint density at radius 1 is 1.30 bits per heavy atom. The van der Waals surface area contributed by atoms with Gasteiger partial charge in [-0.05, 0) is 24.8 Å². The van der Waals surface area contributed by atoms with Gasteiger partial charge in [0, 0.05) is 18.9 Å². The van der Waals surface area contributed by atoms with Crippen LogP contribution in [-0.2, 0) is 16.0 Å². The van der Waals surface area contributed by atoms with Gasteiger partial charge in [0.25, 0.3) is 0 Å². The molecule has 1 aliphatic rings. The molecule has 0 saturated carbocycles. The van der Waals surface area contributed by atoms with E-state index in [1.54, 1.807) is 0 Å². The Morgan fingerprint density at radius 2 is 2.00 bits per heavy atom. The predicted octanol–water partition coefficient (Wildman–Crippen LogP) is 1.23. The molecule has 0 bridgehead atoms. The Balaban J connectivity index is 1.77. The second kappa shape index (κ2) is 6.63. The summed E-state index contributed by atoms with van der Waals surface area (Å²) in [5, 5.41) is 10.2. The lowest BCUT2D eigenvalue weighted by atomic mass is 9.96. The van der Waals surface area contributed by atoms with E-state index in [9.17, 15) is 9.59 Å². The van der Waals surface area contributed by atoms with Crippen LogP contribution in [0.3, 0.4) is 0 Å². The highest BCUT2D eigenvalue weighted by Crippen LogP contribution is 2.23. The smallest absolute Gasteiger partial charge is 0.322 e. The van der Waals surface area contributed by atoms with Gasteiger partial charge in [-0.3, -0.25) is 15.4 Å². The first-order chi connectivity index (χ1) is 9.58. The number of hydrogen-bond donors (Lipinski definition) is 2. The molecule has 2 atom stereocenters. The van der Waals surface area contributed by atoms with Crippen molar-refractivity contribution in [1.82, 2.24) is 5.01 Å². The van der Waals surface area contributed by atoms with Crippen LogP contribution in [0.2, 0.25) is 0 Å². The maximum absolute atomic E-state index is 12.1. The van der Waals surface area contributed by atoms with E-state index in [4.69, 9.17) is 10.9 Å². The van der Waals surface area contributed by atoms with E-state index < -0.39 is 12.0 Å². The number of benzene rings is 1. The SMILES string of the molecule is NN1C[C@H](C(=O)CCCc2ccccc2)C[C@H]1C(=O)O. The number of nitrogens with zero attached hydrogens (tertiary/aromatic N) is 1. The maximum Gasteiger partial charge on any atom is 0.322 e. The standard InChI is InChI=1S/C15H20N2O3/c16-17-10-12(9-13(17)15(19)20)14(18)8-4-7-11-5-2-1-3-6-11/h1-3,5-6,12-13H,4,7-10,16H2,(H,19,20)/t12-,13+/m1/s1. The highest BCUT2D eigenvalue weighted by molar-refractivity contribution is 5.83. The first-order valence-electron chi connectivity index (χ1n) is 6.88. The number of carbonyl (C=O) groups excluding carboxylic acids is 1. The first-order valence-corrected chi connectivity index (χ1v) is 6.88. The third-order valence-corrected chi connectivity index (χ3v) is 3.81. The highest BCUT2D eigenvalue weighted by Gasteiger charge is 2.37. The van der Waals surface area contributed by atoms with E-state index in [-0.39, 0.29) is 11.7 Å². The van der Waals surface area contributed by atoms with Gasteiger partial charge in [0.1, 0.15) is 11.8 Å². The third-order valence-electron chi connectivity index (χ3n) is 3.81. The fourth-order valence-electron chi connectivity index (χ4n) is 2.65. The second-order valence-electron chi connectivity index (χ2n) is 5.29. The Morgan fingerprint density at radius 3 is 2.60 bits per heavy atom. The molecule has 0 amide bonds. The van der Waals surface area contributed by atoms with Crippen LogP contribution in [0, 0.1) is 5.92 Å². The molecule has 20 heavy (non-hydrogen) atoms. The zero-order valence-corrected chi connectivity index (χ0v) is 11.4. The molecule has 0 aliphatic carbocycles. The molecule has 0 unspecified atom stereocenters. The zero-order valence-electron chi connectivity index (χ0n) is 11.4. The van der Waals surface area contributed by atoms with Crippen molar-refractivity contribution in [2.75, 3.05) is 6.54 Å². The van der Waals surface area contributed by atoms with Crippen LogP contribution in [0.5, 0.6) is 0 Å². The minimum absolute atomic E-state index is 0.125. The molecule has 1 fully saturated rings. The summed E-state index contributed by atoms with van der Waals surface area (Å²) in [6.45, 7) is 0.348. The van der Waals surface area contributed by atoms with Crippen molar-refractivity contribution in [3.63, 3.8) is 0 Å². The number of nitrogens with two attached hydrogens (primary N) is 1. The van der Waals surface area contributed by atoms with Gasteiger partial charge in [-0.15, -0.1) is 0 Å². The fourth-order valence-corrected chi connectivity index (χ4v) is 2.65. The van der Waals surface area contributed by atoms with Crippen molar-refractivity contribution in [1.29, 1.82) is 0 Å². The zero-order chi connectivity index (χ0) is 14.5. The average Bonchev–Trinajstić information content (AvgIpc) is 2.82. The van der Waals surface area contributed by atoms with Crippen LogP contribution in [0.1, 0.15) is 24.8 Å². The fraction of sp³-hybridized carbons (Fsp3) is 0.467. The lowest BCUT2D eigenvalue weighted by Crippen LogP contribution is -2.41. The normalized spacial score (nSPS) is 22.9. The summed E-state index contributed by atoms with van der Waals surface area (Å²) in [6, 6.07) is 9.30. The van der Waals surface area contributed by atoms with Crippen LogP contribution >= 0.6 is 0 Å². The van der Waals surface area contributed by atoms with Crippen LogP contribution in [-0.4, -0.2) is 34.5 Å². The lowest BCUT2D eigenvalue weighted by Gasteiger charge is -2.12. The Hall–Kier alpha value is -1.72. The number of aliphatic carboxylic acids is 1. The van der Waals surface area contributed by atoms with E-state index in [0.717, 1.165) is 12.8 Å². The molecule has 0 aromatic heterocycles. The van der Waals surface area contributed by atoms with E-state index in [1.165, 1.54) is 10.6 Å². The number of carboxylic acids is 1. The lowest BCUT2D eigenvalue weighted by molar-refractivity contribution is -0.142. The van der Waals surface area contributed by atoms with Gasteiger partial charge >= 0.3 is 5.97 Å². The quantitative estimate of drug-likeness (QED) is 0.763. The van der Waals surface area contributed by atoms with Crippen molar-refractivity contribution in [3.8, 4) is 0 Å². The van der Waals surface area contributed by atoms with Crippen molar-refractivity contribution >= 4 is 11.8 Å². The topological polar surface area (TPSA) is 83.6 Å². The van der Waals surface area contributed by atoms with Crippen molar-refractivity contribution in [2.45, 2.75) is 31.7 Å². The summed E-state index contributed by atoms with van der Waals surface area (Å²) in [4.78, 5) is 23.0. The number of rotatable bonds is 6. The molecule has 1 aliphatic heterocycles. The number of ketones is 1. The van der Waals surface area contributed by atoms with Crippen LogP contribution < -0.4 is 5.84 Å². The Labute approximate surface area is 118 Å². The van der Waals surface area contributed by atoms with Crippen LogP contribution in [0.15, 0.2) is 30.3 Å². The molecular formula is C15H20N2O3. The number of carboxylic acid groups (broad SMARTS) is 1. The summed E-state index contributed by atoms with van der Waals surface area (Å²) < 4.78 is 0. The van der Waals surface area contributed by atoms with Gasteiger partial charge < -0.3 is 5.11 Å². The maximum atomic E-state index is 12.1. The summed E-state index contributed by atoms with van der Waals surface area (Å²) in [7, 11) is 0. The molecule has 5 nitrogen and oxygen atoms in total. The molecule has 1 saturated heterocycles. The van der Waals surface area contributed by atoms with E-state index in [0.29, 0.717) is 19.4 Å².